The number of aromatic nitrogens is 8. The number of hydrogen-bond acceptors (Lipinski definition) is 32. The number of likely N-dealkylation sites (N-methyl/N-ethyl adjacent to an activating group) is 1. The van der Waals surface area contributed by atoms with Gasteiger partial charge in [-0.2, -0.15) is 20.2 Å². The number of para-hydroxylation sites is 1. The van der Waals surface area contributed by atoms with Crippen molar-refractivity contribution >= 4 is 139 Å². The van der Waals surface area contributed by atoms with Crippen LogP contribution in [0.25, 0.3) is 0 Å². The largest absolute Gasteiger partial charge is 1.00 e. The maximum atomic E-state index is 12.9. The second kappa shape index (κ2) is 47.4. The van der Waals surface area contributed by atoms with Crippen LogP contribution < -0.4 is 177 Å². The second-order valence-corrected chi connectivity index (χ2v) is 24.6. The number of carbonyl (C=O) groups excluding carboxylic acids is 7. The molecular formula is C50H68N18Na4O22S6. The van der Waals surface area contributed by atoms with Crippen molar-refractivity contribution in [3.05, 3.63) is 94.7 Å². The van der Waals surface area contributed by atoms with Gasteiger partial charge in [-0.25, -0.2) is 19.3 Å². The predicted octanol–water partition coefficient (Wildman–Crippen LogP) is -21.5. The maximum absolute atomic E-state index is 12.9. The number of carbonyl (C=O) groups is 7. The zero-order chi connectivity index (χ0) is 65.1. The average Bonchev–Trinajstić information content (AvgIpc) is 0.750. The van der Waals surface area contributed by atoms with Crippen LogP contribution in [-0.2, 0) is 57.3 Å². The number of β-lactam (4-membered cyclic amide) rings is 2. The molecule has 0 radical (unpaired) electrons. The smallest absolute Gasteiger partial charge is 0.854 e. The quantitative estimate of drug-likeness (QED) is 0.0150. The third-order valence-electron chi connectivity index (χ3n) is 12.9. The summed E-state index contributed by atoms with van der Waals surface area (Å²) in [4.78, 5) is 139. The average molecular weight is 1560 g/mol. The molecule has 1 aromatic carbocycles. The van der Waals surface area contributed by atoms with Crippen LogP contribution in [-0.4, -0.2) is 225 Å². The number of rotatable bonds is 21. The molecule has 530 valence electrons. The number of carboxylic acid groups (broad SMARTS) is 2. The number of carboxylic acids is 2. The Hall–Kier alpha value is -4.91. The molecule has 0 aliphatic carbocycles. The molecule has 9 rings (SSSR count). The Morgan fingerprint density at radius 2 is 1.00 bits per heavy atom. The summed E-state index contributed by atoms with van der Waals surface area (Å²) in [5, 5.41) is 71.2. The molecule has 0 unspecified atom stereocenters. The normalized spacial score (nSPS) is 15.9. The Balaban J connectivity index is -0.000000451. The van der Waals surface area contributed by atoms with Gasteiger partial charge in [-0.1, -0.05) is 65.9 Å². The summed E-state index contributed by atoms with van der Waals surface area (Å²) in [7, 11) is 5.32. The fraction of sp³-hybridized carbons (Fsp3) is 0.380. The van der Waals surface area contributed by atoms with Gasteiger partial charge < -0.3 is 105 Å². The number of oxime groups is 2. The summed E-state index contributed by atoms with van der Waals surface area (Å²) < 4.78 is 2.23. The third kappa shape index (κ3) is 25.2. The zero-order valence-corrected chi connectivity index (χ0v) is 68.6. The molecule has 0 saturated carbocycles. The van der Waals surface area contributed by atoms with Crippen molar-refractivity contribution in [2.24, 2.45) is 24.4 Å². The minimum Gasteiger partial charge on any atom is -0.854 e. The van der Waals surface area contributed by atoms with E-state index in [0.29, 0.717) is 17.7 Å². The molecule has 4 aromatic heterocycles. The molecule has 21 N–H and O–H groups in total. The number of aliphatic carboxylic acids is 2. The van der Waals surface area contributed by atoms with Gasteiger partial charge in [-0.05, 0) is 49.2 Å². The van der Waals surface area contributed by atoms with E-state index >= 15 is 0 Å². The summed E-state index contributed by atoms with van der Waals surface area (Å²) in [5.41, 5.74) is 12.3. The molecule has 0 bridgehead atoms. The number of nitrogens with one attached hydrogen (secondary N) is 3. The van der Waals surface area contributed by atoms with Gasteiger partial charge >= 0.3 is 118 Å². The van der Waals surface area contributed by atoms with E-state index < -0.39 is 81.3 Å². The number of thioether (sulfide) groups is 4. The van der Waals surface area contributed by atoms with Crippen molar-refractivity contribution in [2.45, 2.75) is 60.8 Å². The van der Waals surface area contributed by atoms with Gasteiger partial charge in [0.25, 0.3) is 34.7 Å². The third-order valence-corrected chi connectivity index (χ3v) is 19.2. The number of hydrogen-bond donors (Lipinski definition) is 5. The van der Waals surface area contributed by atoms with Crippen LogP contribution in [0.5, 0.6) is 11.8 Å². The van der Waals surface area contributed by atoms with Crippen LogP contribution in [0.3, 0.4) is 0 Å². The molecule has 4 aliphatic heterocycles. The fourth-order valence-electron chi connectivity index (χ4n) is 8.62. The van der Waals surface area contributed by atoms with E-state index in [1.165, 1.54) is 62.6 Å². The molecule has 4 atom stereocenters. The van der Waals surface area contributed by atoms with Crippen molar-refractivity contribution in [1.29, 1.82) is 0 Å². The standard InChI is InChI=1S/2C18H18N8O7S3.C14H22N2O.4Na.7H2O/c2*1-25-18(22-12(28)13(29)23-25)36-4-6-3-34-15-9(14(30)26(15)10(6)16(31)32)21-11(27)8(24-33-2)7-5-35-17(19)20-7;1-5-16(6-2)10-13(17)15-14-11(3)8-7-9-12(14)4;;;;;;;;;;;/h2*5,9,15H,3-4H2,1-2H3,(H2,19,20)(H,21,27)(H,23,29)(H,31,32);7-9H,5-6,10H2,1-4H3,(H,15,17);;;;;7*1H2/q;;;4*+1;;;;;;;/p-4/b2*24-8-;;;;;;;;;;;;/t2*9-,15-;;;;;;;;;;;;/m11............/s1. The maximum Gasteiger partial charge on any atom is 1.00 e. The zero-order valence-electron chi connectivity index (χ0n) is 55.7. The number of amides is 5. The molecule has 50 heteroatoms. The number of nitrogens with zero attached hydrogens (tertiary/aromatic N) is 13. The van der Waals surface area contributed by atoms with Crippen molar-refractivity contribution in [2.75, 3.05) is 73.6 Å². The Kier molecular flexibility index (Phi) is 49.2. The molecule has 2 saturated heterocycles. The molecule has 40 nitrogen and oxygen atoms in total. The van der Waals surface area contributed by atoms with Crippen molar-refractivity contribution in [1.82, 2.24) is 64.8 Å². The van der Waals surface area contributed by atoms with Gasteiger partial charge in [0.05, 0.1) is 41.6 Å². The molecule has 2 fully saturated rings. The van der Waals surface area contributed by atoms with Crippen molar-refractivity contribution in [3.8, 4) is 11.8 Å². The first-order valence-corrected chi connectivity index (χ1v) is 31.8. The Bertz CT molecular complexity index is 3660. The Morgan fingerprint density at radius 3 is 1.31 bits per heavy atom. The van der Waals surface area contributed by atoms with Gasteiger partial charge in [0.1, 0.15) is 48.4 Å². The van der Waals surface area contributed by atoms with Crippen LogP contribution >= 0.6 is 69.7 Å². The number of fused-ring (bicyclic) bond motifs is 2. The summed E-state index contributed by atoms with van der Waals surface area (Å²) in [6.45, 7) is 10.4. The molecular weight excluding hydrogens is 1490 g/mol. The molecule has 5 amide bonds. The minimum atomic E-state index is -1.57. The van der Waals surface area contributed by atoms with E-state index in [1.54, 1.807) is 0 Å². The van der Waals surface area contributed by atoms with E-state index in [1.807, 2.05) is 32.0 Å². The number of benzene rings is 1. The van der Waals surface area contributed by atoms with Gasteiger partial charge in [-0.3, -0.25) is 48.3 Å². The number of thiazole rings is 2. The Labute approximate surface area is 681 Å². The molecule has 100 heavy (non-hydrogen) atoms. The van der Waals surface area contributed by atoms with Crippen LogP contribution in [0, 0.1) is 13.8 Å². The number of aryl methyl sites for hydroxylation is 4. The van der Waals surface area contributed by atoms with E-state index in [0.717, 1.165) is 95.3 Å². The minimum absolute atomic E-state index is 0. The first kappa shape index (κ1) is 104. The van der Waals surface area contributed by atoms with E-state index in [9.17, 15) is 63.6 Å². The number of nitrogens with two attached hydrogens (primary N) is 2. The Morgan fingerprint density at radius 1 is 0.640 bits per heavy atom. The fourth-order valence-corrected chi connectivity index (χ4v) is 14.5. The van der Waals surface area contributed by atoms with Crippen LogP contribution in [0.15, 0.2) is 81.7 Å². The van der Waals surface area contributed by atoms with Gasteiger partial charge in [0, 0.05) is 53.6 Å². The summed E-state index contributed by atoms with van der Waals surface area (Å²) in [6, 6.07) is 3.98. The van der Waals surface area contributed by atoms with Crippen LogP contribution in [0.2, 0.25) is 0 Å². The van der Waals surface area contributed by atoms with E-state index in [-0.39, 0.29) is 240 Å². The van der Waals surface area contributed by atoms with Crippen molar-refractivity contribution in [3.63, 3.8) is 0 Å². The first-order valence-electron chi connectivity index (χ1n) is 25.9. The van der Waals surface area contributed by atoms with Crippen LogP contribution in [0.1, 0.15) is 36.4 Å². The molecule has 4 aliphatic rings. The van der Waals surface area contributed by atoms with E-state index in [2.05, 4.69) is 75.1 Å². The topological polar surface area (TPSA) is 695 Å². The second-order valence-electron chi connectivity index (χ2n) is 18.7. The van der Waals surface area contributed by atoms with Gasteiger partial charge in [0.15, 0.2) is 32.0 Å². The van der Waals surface area contributed by atoms with Crippen molar-refractivity contribution < 1.29 is 220 Å². The van der Waals surface area contributed by atoms with E-state index in [4.69, 9.17) is 21.1 Å². The van der Waals surface area contributed by atoms with Crippen LogP contribution in [0.4, 0.5) is 16.0 Å². The van der Waals surface area contributed by atoms with Gasteiger partial charge in [0.2, 0.25) is 5.91 Å². The number of nitrogen functional groups attached to an aromatic ring is 2. The molecule has 8 heterocycles. The molecule has 0 spiro atoms. The molecule has 5 aromatic rings. The first-order chi connectivity index (χ1) is 42.3. The summed E-state index contributed by atoms with van der Waals surface area (Å²) in [6.07, 6.45) is 0. The predicted molar refractivity (Wildman–Crippen MR) is 347 cm³/mol. The summed E-state index contributed by atoms with van der Waals surface area (Å²) >= 11 is 6.61. The van der Waals surface area contributed by atoms with Gasteiger partial charge in [-0.15, -0.1) is 46.2 Å². The monoisotopic (exact) mass is 1560 g/mol. The SMILES string of the molecule is CCN(CC)CC(=O)Nc1c(C)cccc1C.CO/N=C(\C(=O)N[C@@H]1C(=O)N2C(C(=O)[O-])=C(CSc3nc(=O)c([O-])nn3C)CS[C@H]12)c1csc(N)n1.CO/N=C(\C(=O)N[C@@H]1C(=O)N2C(C(=O)[O-])=C(CSc3nc(=O)c([O-])nn3C)CS[C@H]12)c1csc(N)n1.O.O.O.O.O.O.O.[Na+].[Na+].[Na+].[Na+]. The summed E-state index contributed by atoms with van der Waals surface area (Å²) in [5.74, 6) is -7.42. The number of anilines is 3.